The van der Waals surface area contributed by atoms with Gasteiger partial charge in [0.05, 0.1) is 6.42 Å². The molecule has 0 saturated carbocycles. The van der Waals surface area contributed by atoms with Crippen LogP contribution in [0.2, 0.25) is 0 Å². The van der Waals surface area contributed by atoms with Crippen molar-refractivity contribution in [3.05, 3.63) is 29.3 Å². The van der Waals surface area contributed by atoms with E-state index in [1.807, 2.05) is 20.2 Å². The summed E-state index contributed by atoms with van der Waals surface area (Å²) in [5, 5.41) is 9.53. The van der Waals surface area contributed by atoms with Gasteiger partial charge in [-0.1, -0.05) is 12.1 Å². The van der Waals surface area contributed by atoms with E-state index in [2.05, 4.69) is 41.9 Å². The maximum atomic E-state index is 11.4. The van der Waals surface area contributed by atoms with Gasteiger partial charge < -0.3 is 16.0 Å². The molecular weight excluding hydrogens is 226 g/mol. The molecule has 4 heteroatoms. The van der Waals surface area contributed by atoms with E-state index in [4.69, 9.17) is 0 Å². The topological polar surface area (TPSA) is 53.2 Å². The number of hydrogen-bond acceptors (Lipinski definition) is 3. The van der Waals surface area contributed by atoms with Gasteiger partial charge in [-0.2, -0.15) is 0 Å². The molecule has 1 aliphatic rings. The number of fused-ring (bicyclic) bond motifs is 1. The van der Waals surface area contributed by atoms with Crippen molar-refractivity contribution in [1.82, 2.24) is 10.6 Å². The lowest BCUT2D eigenvalue weighted by Crippen LogP contribution is -2.47. The highest BCUT2D eigenvalue weighted by Gasteiger charge is 2.29. The predicted octanol–water partition coefficient (Wildman–Crippen LogP) is 1.44. The number of rotatable bonds is 4. The van der Waals surface area contributed by atoms with E-state index in [1.165, 1.54) is 5.56 Å². The first kappa shape index (κ1) is 13.1. The third kappa shape index (κ3) is 2.26. The average Bonchev–Trinajstić information content (AvgIpc) is 2.69. The number of hydrogen-bond donors (Lipinski definition) is 3. The number of benzene rings is 1. The van der Waals surface area contributed by atoms with Crippen LogP contribution in [0.15, 0.2) is 18.2 Å². The molecule has 4 nitrogen and oxygen atoms in total. The number of carbonyl (C=O) groups excluding carboxylic acids is 1. The SMILES string of the molecule is CNC(c1ccc2c(c1)CC(=O)N2)C(C)(C)NC. The summed E-state index contributed by atoms with van der Waals surface area (Å²) in [6.45, 7) is 4.32. The van der Waals surface area contributed by atoms with Gasteiger partial charge in [-0.3, -0.25) is 4.79 Å². The summed E-state index contributed by atoms with van der Waals surface area (Å²) in [4.78, 5) is 11.4. The van der Waals surface area contributed by atoms with Crippen LogP contribution in [0, 0.1) is 0 Å². The molecule has 98 valence electrons. The summed E-state index contributed by atoms with van der Waals surface area (Å²) >= 11 is 0. The standard InChI is InChI=1S/C14H21N3O/c1-14(2,16-4)13(15-3)9-5-6-11-10(7-9)8-12(18)17-11/h5-7,13,15-16H,8H2,1-4H3,(H,17,18). The molecule has 1 aliphatic heterocycles. The van der Waals surface area contributed by atoms with Crippen LogP contribution >= 0.6 is 0 Å². The molecular formula is C14H21N3O. The van der Waals surface area contributed by atoms with Gasteiger partial charge in [-0.15, -0.1) is 0 Å². The largest absolute Gasteiger partial charge is 0.326 e. The minimum absolute atomic E-state index is 0.0565. The summed E-state index contributed by atoms with van der Waals surface area (Å²) in [6, 6.07) is 6.38. The zero-order valence-electron chi connectivity index (χ0n) is 11.4. The number of nitrogens with one attached hydrogen (secondary N) is 3. The predicted molar refractivity (Wildman–Crippen MR) is 73.7 cm³/mol. The Morgan fingerprint density at radius 2 is 2.06 bits per heavy atom. The van der Waals surface area contributed by atoms with Crippen LogP contribution in [0.25, 0.3) is 0 Å². The highest BCUT2D eigenvalue weighted by Crippen LogP contribution is 2.30. The molecule has 1 heterocycles. The average molecular weight is 247 g/mol. The van der Waals surface area contributed by atoms with Crippen LogP contribution in [0.3, 0.4) is 0 Å². The molecule has 0 aromatic heterocycles. The quantitative estimate of drug-likeness (QED) is 0.754. The van der Waals surface area contributed by atoms with Crippen LogP contribution in [-0.4, -0.2) is 25.5 Å². The maximum Gasteiger partial charge on any atom is 0.228 e. The van der Waals surface area contributed by atoms with Crippen molar-refractivity contribution in [3.8, 4) is 0 Å². The van der Waals surface area contributed by atoms with Crippen LogP contribution in [0.1, 0.15) is 31.0 Å². The Kier molecular flexibility index (Phi) is 3.41. The normalized spacial score (nSPS) is 16.3. The fourth-order valence-corrected chi connectivity index (χ4v) is 2.52. The first-order valence-corrected chi connectivity index (χ1v) is 6.27. The van der Waals surface area contributed by atoms with Crippen molar-refractivity contribution >= 4 is 11.6 Å². The van der Waals surface area contributed by atoms with E-state index >= 15 is 0 Å². The number of amides is 1. The van der Waals surface area contributed by atoms with Gasteiger partial charge in [-0.05, 0) is 45.1 Å². The van der Waals surface area contributed by atoms with E-state index in [9.17, 15) is 4.79 Å². The fourth-order valence-electron chi connectivity index (χ4n) is 2.52. The first-order valence-electron chi connectivity index (χ1n) is 6.27. The molecule has 1 unspecified atom stereocenters. The lowest BCUT2D eigenvalue weighted by atomic mass is 9.88. The number of likely N-dealkylation sites (N-methyl/N-ethyl adjacent to an activating group) is 2. The third-order valence-corrected chi connectivity index (χ3v) is 3.74. The lowest BCUT2D eigenvalue weighted by Gasteiger charge is -2.34. The van der Waals surface area contributed by atoms with Crippen molar-refractivity contribution in [2.75, 3.05) is 19.4 Å². The molecule has 0 spiro atoms. The highest BCUT2D eigenvalue weighted by atomic mass is 16.1. The van der Waals surface area contributed by atoms with Crippen LogP contribution in [0.5, 0.6) is 0 Å². The molecule has 0 aliphatic carbocycles. The Hall–Kier alpha value is -1.39. The van der Waals surface area contributed by atoms with E-state index in [0.717, 1.165) is 11.3 Å². The van der Waals surface area contributed by atoms with E-state index in [1.54, 1.807) is 0 Å². The van der Waals surface area contributed by atoms with Crippen LogP contribution in [0.4, 0.5) is 5.69 Å². The van der Waals surface area contributed by atoms with Gasteiger partial charge in [0.2, 0.25) is 5.91 Å². The smallest absolute Gasteiger partial charge is 0.228 e. The van der Waals surface area contributed by atoms with Gasteiger partial charge >= 0.3 is 0 Å². The minimum atomic E-state index is -0.0565. The molecule has 1 aromatic carbocycles. The second-order valence-corrected chi connectivity index (χ2v) is 5.33. The summed E-state index contributed by atoms with van der Waals surface area (Å²) in [7, 11) is 3.92. The summed E-state index contributed by atoms with van der Waals surface area (Å²) in [5.74, 6) is 0.0797. The minimum Gasteiger partial charge on any atom is -0.326 e. The summed E-state index contributed by atoms with van der Waals surface area (Å²) in [5.41, 5.74) is 3.18. The molecule has 0 fully saturated rings. The zero-order valence-corrected chi connectivity index (χ0v) is 11.4. The van der Waals surface area contributed by atoms with E-state index < -0.39 is 0 Å². The lowest BCUT2D eigenvalue weighted by molar-refractivity contribution is -0.115. The van der Waals surface area contributed by atoms with E-state index in [-0.39, 0.29) is 17.5 Å². The molecule has 1 aromatic rings. The molecule has 1 atom stereocenters. The monoisotopic (exact) mass is 247 g/mol. The Bertz CT molecular complexity index is 468. The van der Waals surface area contributed by atoms with Gasteiger partial charge in [0.1, 0.15) is 0 Å². The Labute approximate surface area is 108 Å². The van der Waals surface area contributed by atoms with Crippen molar-refractivity contribution < 1.29 is 4.79 Å². The second-order valence-electron chi connectivity index (χ2n) is 5.33. The molecule has 1 amide bonds. The highest BCUT2D eigenvalue weighted by molar-refractivity contribution is 5.99. The second kappa shape index (κ2) is 4.71. The number of anilines is 1. The zero-order chi connectivity index (χ0) is 13.3. The summed E-state index contributed by atoms with van der Waals surface area (Å²) in [6.07, 6.45) is 0.486. The van der Waals surface area contributed by atoms with Gasteiger partial charge in [-0.25, -0.2) is 0 Å². The third-order valence-electron chi connectivity index (χ3n) is 3.74. The van der Waals surface area contributed by atoms with Crippen molar-refractivity contribution in [2.24, 2.45) is 0 Å². The van der Waals surface area contributed by atoms with Gasteiger partial charge in [0, 0.05) is 17.3 Å². The van der Waals surface area contributed by atoms with Gasteiger partial charge in [0.25, 0.3) is 0 Å². The van der Waals surface area contributed by atoms with Gasteiger partial charge in [0.15, 0.2) is 0 Å². The van der Waals surface area contributed by atoms with Crippen molar-refractivity contribution in [2.45, 2.75) is 31.8 Å². The molecule has 0 radical (unpaired) electrons. The van der Waals surface area contributed by atoms with Crippen LogP contribution < -0.4 is 16.0 Å². The molecule has 0 bridgehead atoms. The Morgan fingerprint density at radius 1 is 1.33 bits per heavy atom. The summed E-state index contributed by atoms with van der Waals surface area (Å²) < 4.78 is 0. The van der Waals surface area contributed by atoms with Crippen molar-refractivity contribution in [1.29, 1.82) is 0 Å². The molecule has 0 saturated heterocycles. The maximum absolute atomic E-state index is 11.4. The molecule has 3 N–H and O–H groups in total. The van der Waals surface area contributed by atoms with Crippen LogP contribution in [-0.2, 0) is 11.2 Å². The fraction of sp³-hybridized carbons (Fsp3) is 0.500. The Morgan fingerprint density at radius 3 is 2.67 bits per heavy atom. The van der Waals surface area contributed by atoms with E-state index in [0.29, 0.717) is 6.42 Å². The molecule has 2 rings (SSSR count). The first-order chi connectivity index (χ1) is 8.47. The Balaban J connectivity index is 2.34. The number of carbonyl (C=O) groups is 1. The van der Waals surface area contributed by atoms with Crippen molar-refractivity contribution in [3.63, 3.8) is 0 Å². The molecule has 18 heavy (non-hydrogen) atoms.